The quantitative estimate of drug-likeness (QED) is 0.0414. The average Bonchev–Trinajstić information content (AvgIpc) is 4.14. The van der Waals surface area contributed by atoms with Gasteiger partial charge in [-0.1, -0.05) is 66.7 Å². The number of carbonyl (C=O) groups is 5. The molecule has 3 heterocycles. The second-order valence-electron chi connectivity index (χ2n) is 17.5. The van der Waals surface area contributed by atoms with Gasteiger partial charge in [0.2, 0.25) is 23.6 Å². The second-order valence-corrected chi connectivity index (χ2v) is 17.5. The first kappa shape index (κ1) is 52.0. The number of nitrogens with one attached hydrogen (secondary N) is 3. The van der Waals surface area contributed by atoms with E-state index in [4.69, 9.17) is 29.5 Å². The van der Waals surface area contributed by atoms with Crippen LogP contribution >= 0.6 is 0 Å². The van der Waals surface area contributed by atoms with Crippen molar-refractivity contribution >= 4 is 41.6 Å². The number of fused-ring (bicyclic) bond motifs is 4. The van der Waals surface area contributed by atoms with Gasteiger partial charge >= 0.3 is 6.09 Å². The number of alkyl halides is 2. The van der Waals surface area contributed by atoms with Gasteiger partial charge in [0.05, 0.1) is 84.3 Å². The fourth-order valence-corrected chi connectivity index (χ4v) is 9.05. The molecule has 0 radical (unpaired) electrons. The number of nitrogens with zero attached hydrogens (tertiary/aromatic N) is 5. The van der Waals surface area contributed by atoms with E-state index in [0.29, 0.717) is 65.0 Å². The van der Waals surface area contributed by atoms with Gasteiger partial charge in [0, 0.05) is 56.9 Å². The topological polar surface area (TPSA) is 249 Å². The number of likely N-dealkylation sites (tertiary alicyclic amines) is 1. The molecule has 378 valence electrons. The van der Waals surface area contributed by atoms with Gasteiger partial charge < -0.3 is 55.3 Å². The van der Waals surface area contributed by atoms with Crippen molar-refractivity contribution in [2.75, 3.05) is 79.1 Å². The standard InChI is InChI=1S/C50H59F2N9O10/c51-50(52)24-37(25-53)61(32-50)48(65)44-22-35(47(64)58-44)23-46(63)60-29-34-7-5-6-33(42(34)30-60)26-55-27-36(59-54)28-57-45(62)12-14-67-16-18-69-20-21-70-19-17-68-15-13-56-49(66)71-31-43-40-10-3-1-8-38(40)39-9-2-4-11-41(39)43/h1-11,27,35,37,43-44H,12-24,26,28-32,54H2,(H,56,66)(H,57,62)(H,58,64)/t35-,37-,44-/m0/s1. The van der Waals surface area contributed by atoms with Crippen LogP contribution in [0.1, 0.15) is 59.4 Å². The lowest BCUT2D eigenvalue weighted by Gasteiger charge is -2.22. The van der Waals surface area contributed by atoms with Gasteiger partial charge in [-0.15, -0.1) is 0 Å². The first-order valence-electron chi connectivity index (χ1n) is 23.6. The van der Waals surface area contributed by atoms with Gasteiger partial charge in [-0.2, -0.15) is 10.4 Å². The molecule has 21 heteroatoms. The molecule has 7 rings (SSSR count). The molecule has 3 atom stereocenters. The third kappa shape index (κ3) is 14.2. The Bertz CT molecular complexity index is 2440. The lowest BCUT2D eigenvalue weighted by atomic mass is 9.98. The van der Waals surface area contributed by atoms with Crippen molar-refractivity contribution in [3.8, 4) is 17.2 Å². The number of nitriles is 1. The second kappa shape index (κ2) is 25.3. The van der Waals surface area contributed by atoms with Crippen LogP contribution in [-0.2, 0) is 62.5 Å². The van der Waals surface area contributed by atoms with Gasteiger partial charge in [0.15, 0.2) is 0 Å². The molecular formula is C50H59F2N9O10. The first-order chi connectivity index (χ1) is 34.4. The summed E-state index contributed by atoms with van der Waals surface area (Å²) in [5, 5.41) is 21.0. The number of aliphatic imine (C=N–C) groups is 1. The number of hydrazone groups is 1. The number of halogens is 2. The van der Waals surface area contributed by atoms with E-state index in [1.165, 1.54) is 17.3 Å². The predicted molar refractivity (Wildman–Crippen MR) is 254 cm³/mol. The highest BCUT2D eigenvalue weighted by molar-refractivity contribution is 6.31. The molecule has 1 aliphatic carbocycles. The number of nitrogens with two attached hydrogens (primary N) is 1. The predicted octanol–water partition coefficient (Wildman–Crippen LogP) is 3.18. The Morgan fingerprint density at radius 2 is 1.54 bits per heavy atom. The van der Waals surface area contributed by atoms with Crippen LogP contribution < -0.4 is 21.8 Å². The molecular weight excluding hydrogens is 925 g/mol. The van der Waals surface area contributed by atoms with Gasteiger partial charge in [0.25, 0.3) is 5.92 Å². The zero-order chi connectivity index (χ0) is 50.2. The Kier molecular flexibility index (Phi) is 18.5. The number of amides is 5. The molecule has 2 fully saturated rings. The molecule has 4 aliphatic rings. The van der Waals surface area contributed by atoms with E-state index in [9.17, 15) is 38.0 Å². The van der Waals surface area contributed by atoms with Gasteiger partial charge in [-0.25, -0.2) is 13.6 Å². The van der Waals surface area contributed by atoms with Crippen molar-refractivity contribution in [1.29, 1.82) is 5.26 Å². The number of ether oxygens (including phenoxy) is 5. The summed E-state index contributed by atoms with van der Waals surface area (Å²) < 4.78 is 55.5. The Morgan fingerprint density at radius 3 is 2.21 bits per heavy atom. The van der Waals surface area contributed by atoms with E-state index in [0.717, 1.165) is 32.7 Å². The van der Waals surface area contributed by atoms with Crippen LogP contribution in [0.2, 0.25) is 0 Å². The summed E-state index contributed by atoms with van der Waals surface area (Å²) in [5.74, 6) is -0.265. The van der Waals surface area contributed by atoms with Crippen LogP contribution in [0.3, 0.4) is 0 Å². The Balaban J connectivity index is 0.676. The van der Waals surface area contributed by atoms with Crippen molar-refractivity contribution in [2.24, 2.45) is 21.9 Å². The highest BCUT2D eigenvalue weighted by Crippen LogP contribution is 2.44. The smallest absolute Gasteiger partial charge is 0.407 e. The Morgan fingerprint density at radius 1 is 0.873 bits per heavy atom. The third-order valence-corrected chi connectivity index (χ3v) is 12.6. The lowest BCUT2D eigenvalue weighted by Crippen LogP contribution is -2.46. The van der Waals surface area contributed by atoms with E-state index in [-0.39, 0.29) is 69.8 Å². The minimum atomic E-state index is -3.18. The van der Waals surface area contributed by atoms with Gasteiger partial charge in [-0.05, 0) is 45.4 Å². The fourth-order valence-electron chi connectivity index (χ4n) is 9.05. The fraction of sp³-hybridized carbons (Fsp3) is 0.480. The van der Waals surface area contributed by atoms with Crippen molar-refractivity contribution in [1.82, 2.24) is 25.8 Å². The van der Waals surface area contributed by atoms with Crippen LogP contribution in [0.15, 0.2) is 76.8 Å². The number of alkyl carbamates (subject to hydrolysis) is 1. The molecule has 0 spiro atoms. The van der Waals surface area contributed by atoms with Crippen LogP contribution in [0.4, 0.5) is 13.6 Å². The van der Waals surface area contributed by atoms with E-state index in [2.05, 4.69) is 50.3 Å². The minimum absolute atomic E-state index is 0.00115. The normalized spacial score (nSPS) is 19.0. The zero-order valence-electron chi connectivity index (χ0n) is 39.3. The minimum Gasteiger partial charge on any atom is -0.449 e. The summed E-state index contributed by atoms with van der Waals surface area (Å²) in [4.78, 5) is 70.7. The molecule has 0 bridgehead atoms. The number of rotatable bonds is 25. The molecule has 5 amide bonds. The maximum atomic E-state index is 13.9. The number of carbonyl (C=O) groups excluding carboxylic acids is 5. The molecule has 0 aromatic heterocycles. The summed E-state index contributed by atoms with van der Waals surface area (Å²) in [7, 11) is 0. The lowest BCUT2D eigenvalue weighted by molar-refractivity contribution is -0.135. The Labute approximate surface area is 410 Å². The summed E-state index contributed by atoms with van der Waals surface area (Å²) in [6, 6.07) is 21.4. The van der Waals surface area contributed by atoms with E-state index < -0.39 is 54.8 Å². The molecule has 0 saturated carbocycles. The monoisotopic (exact) mass is 983 g/mol. The first-order valence-corrected chi connectivity index (χ1v) is 23.6. The van der Waals surface area contributed by atoms with Crippen LogP contribution in [0.5, 0.6) is 0 Å². The van der Waals surface area contributed by atoms with E-state index in [1.807, 2.05) is 42.5 Å². The maximum absolute atomic E-state index is 13.9. The number of hydrogen-bond donors (Lipinski definition) is 4. The van der Waals surface area contributed by atoms with Gasteiger partial charge in [-0.3, -0.25) is 24.2 Å². The van der Waals surface area contributed by atoms with Crippen molar-refractivity contribution in [3.63, 3.8) is 0 Å². The zero-order valence-corrected chi connectivity index (χ0v) is 39.3. The van der Waals surface area contributed by atoms with Crippen molar-refractivity contribution < 1.29 is 56.4 Å². The summed E-state index contributed by atoms with van der Waals surface area (Å²) in [6.07, 6.45) is 0.135. The average molecular weight is 984 g/mol. The van der Waals surface area contributed by atoms with Crippen LogP contribution in [0.25, 0.3) is 11.1 Å². The molecule has 5 N–H and O–H groups in total. The molecule has 19 nitrogen and oxygen atoms in total. The van der Waals surface area contributed by atoms with Crippen LogP contribution in [-0.4, -0.2) is 149 Å². The highest BCUT2D eigenvalue weighted by atomic mass is 19.3. The maximum Gasteiger partial charge on any atom is 0.407 e. The van der Waals surface area contributed by atoms with Gasteiger partial charge in [0.1, 0.15) is 18.7 Å². The Hall–Kier alpha value is -6.86. The van der Waals surface area contributed by atoms with Crippen molar-refractivity contribution in [2.45, 2.75) is 69.2 Å². The summed E-state index contributed by atoms with van der Waals surface area (Å²) in [6.45, 7) is 3.12. The molecule has 3 aliphatic heterocycles. The molecule has 0 unspecified atom stereocenters. The van der Waals surface area contributed by atoms with E-state index in [1.54, 1.807) is 11.0 Å². The van der Waals surface area contributed by atoms with Crippen LogP contribution in [0, 0.1) is 17.2 Å². The molecule has 71 heavy (non-hydrogen) atoms. The molecule has 3 aromatic carbocycles. The summed E-state index contributed by atoms with van der Waals surface area (Å²) >= 11 is 0. The number of hydrogen-bond acceptors (Lipinski definition) is 14. The largest absolute Gasteiger partial charge is 0.449 e. The SMILES string of the molecule is N#C[C@@H]1CC(F)(F)CN1C(=O)[C@@H]1C[C@@H](CC(=O)N2Cc3cccc(CN=CC(CNC(=O)CCOCCOCCOCCOCCNC(=O)OCC4c5ccccc5-c5ccccc54)=NN)c3C2)C(=O)N1. The summed E-state index contributed by atoms with van der Waals surface area (Å²) in [5.41, 5.74) is 7.69. The van der Waals surface area contributed by atoms with E-state index >= 15 is 0 Å². The van der Waals surface area contributed by atoms with Crippen molar-refractivity contribution in [3.05, 3.63) is 94.5 Å². The third-order valence-electron chi connectivity index (χ3n) is 12.6. The molecule has 3 aromatic rings. The number of benzene rings is 3. The highest BCUT2D eigenvalue weighted by Gasteiger charge is 2.50. The molecule has 2 saturated heterocycles.